The maximum atomic E-state index is 5.98. The van der Waals surface area contributed by atoms with E-state index in [9.17, 15) is 0 Å². The van der Waals surface area contributed by atoms with E-state index in [2.05, 4.69) is 31.0 Å². The summed E-state index contributed by atoms with van der Waals surface area (Å²) in [5.41, 5.74) is 0. The van der Waals surface area contributed by atoms with Gasteiger partial charge < -0.3 is 14.8 Å². The minimum Gasteiger partial charge on any atom is -0.374 e. The second-order valence-corrected chi connectivity index (χ2v) is 5.92. The van der Waals surface area contributed by atoms with E-state index in [-0.39, 0.29) is 6.10 Å². The maximum Gasteiger partial charge on any atom is 0.0935 e. The number of rotatable bonds is 4. The van der Waals surface area contributed by atoms with Crippen LogP contribution in [0, 0.1) is 0 Å². The standard InChI is InChI=1S/C14H28N2O2/c1-11(2)16-6-7-17-14(9-16)10-18-13-5-4-12(3)15-8-13/h11-15H,4-10H2,1-3H3. The van der Waals surface area contributed by atoms with E-state index in [0.717, 1.165) is 32.8 Å². The lowest BCUT2D eigenvalue weighted by Gasteiger charge is -2.36. The zero-order valence-corrected chi connectivity index (χ0v) is 12.0. The fraction of sp³-hybridized carbons (Fsp3) is 1.00. The number of nitrogens with zero attached hydrogens (tertiary/aromatic N) is 1. The van der Waals surface area contributed by atoms with Crippen LogP contribution in [0.1, 0.15) is 33.6 Å². The van der Waals surface area contributed by atoms with Gasteiger partial charge in [0.05, 0.1) is 25.4 Å². The Labute approximate surface area is 111 Å². The molecular weight excluding hydrogens is 228 g/mol. The quantitative estimate of drug-likeness (QED) is 0.821. The summed E-state index contributed by atoms with van der Waals surface area (Å²) in [7, 11) is 0. The molecule has 0 saturated carbocycles. The Kier molecular flexibility index (Phi) is 5.42. The van der Waals surface area contributed by atoms with Crippen molar-refractivity contribution < 1.29 is 9.47 Å². The van der Waals surface area contributed by atoms with Gasteiger partial charge in [-0.25, -0.2) is 0 Å². The first-order valence-electron chi connectivity index (χ1n) is 7.35. The van der Waals surface area contributed by atoms with E-state index in [4.69, 9.17) is 9.47 Å². The predicted molar refractivity (Wildman–Crippen MR) is 72.9 cm³/mol. The molecular formula is C14H28N2O2. The first-order chi connectivity index (χ1) is 8.65. The van der Waals surface area contributed by atoms with Gasteiger partial charge in [0.2, 0.25) is 0 Å². The Morgan fingerprint density at radius 1 is 1.39 bits per heavy atom. The topological polar surface area (TPSA) is 33.7 Å². The van der Waals surface area contributed by atoms with Crippen molar-refractivity contribution >= 4 is 0 Å². The molecule has 106 valence electrons. The van der Waals surface area contributed by atoms with E-state index >= 15 is 0 Å². The predicted octanol–water partition coefficient (Wildman–Crippen LogP) is 1.25. The van der Waals surface area contributed by atoms with Crippen LogP contribution in [-0.4, -0.2) is 62.0 Å². The minimum absolute atomic E-state index is 0.250. The first-order valence-corrected chi connectivity index (χ1v) is 7.35. The SMILES string of the molecule is CC1CCC(OCC2CN(C(C)C)CCO2)CN1. The van der Waals surface area contributed by atoms with Gasteiger partial charge in [-0.1, -0.05) is 0 Å². The Balaban J connectivity index is 1.67. The van der Waals surface area contributed by atoms with Crippen LogP contribution in [0.15, 0.2) is 0 Å². The van der Waals surface area contributed by atoms with Crippen molar-refractivity contribution in [1.82, 2.24) is 10.2 Å². The van der Waals surface area contributed by atoms with Crippen molar-refractivity contribution in [2.75, 3.05) is 32.8 Å². The molecule has 0 aromatic carbocycles. The summed E-state index contributed by atoms with van der Waals surface area (Å²) in [6.07, 6.45) is 3.02. The Morgan fingerprint density at radius 2 is 2.22 bits per heavy atom. The van der Waals surface area contributed by atoms with Crippen molar-refractivity contribution in [1.29, 1.82) is 0 Å². The van der Waals surface area contributed by atoms with Crippen molar-refractivity contribution in [3.8, 4) is 0 Å². The second-order valence-electron chi connectivity index (χ2n) is 5.92. The molecule has 1 N–H and O–H groups in total. The van der Waals surface area contributed by atoms with Gasteiger partial charge in [-0.3, -0.25) is 4.90 Å². The molecule has 3 unspecified atom stereocenters. The third-order valence-corrected chi connectivity index (χ3v) is 4.03. The molecule has 0 aromatic rings. The van der Waals surface area contributed by atoms with Crippen molar-refractivity contribution in [2.45, 2.75) is 57.9 Å². The van der Waals surface area contributed by atoms with E-state index < -0.39 is 0 Å². The summed E-state index contributed by atoms with van der Waals surface area (Å²) in [5, 5.41) is 3.47. The van der Waals surface area contributed by atoms with Crippen LogP contribution in [0.5, 0.6) is 0 Å². The van der Waals surface area contributed by atoms with Crippen LogP contribution in [-0.2, 0) is 9.47 Å². The summed E-state index contributed by atoms with van der Waals surface area (Å²) < 4.78 is 11.8. The molecule has 4 heteroatoms. The average Bonchev–Trinajstić information content (AvgIpc) is 2.38. The van der Waals surface area contributed by atoms with Gasteiger partial charge >= 0.3 is 0 Å². The molecule has 0 bridgehead atoms. The number of morpholine rings is 1. The third kappa shape index (κ3) is 4.19. The normalized spacial score (nSPS) is 35.0. The van der Waals surface area contributed by atoms with Gasteiger partial charge in [0.25, 0.3) is 0 Å². The molecule has 4 nitrogen and oxygen atoms in total. The zero-order valence-electron chi connectivity index (χ0n) is 12.0. The maximum absolute atomic E-state index is 5.98. The fourth-order valence-electron chi connectivity index (χ4n) is 2.67. The van der Waals surface area contributed by atoms with Crippen molar-refractivity contribution in [3.63, 3.8) is 0 Å². The number of nitrogens with one attached hydrogen (secondary N) is 1. The fourth-order valence-corrected chi connectivity index (χ4v) is 2.67. The average molecular weight is 256 g/mol. The number of hydrogen-bond donors (Lipinski definition) is 1. The van der Waals surface area contributed by atoms with E-state index in [1.165, 1.54) is 12.8 Å². The molecule has 2 fully saturated rings. The molecule has 18 heavy (non-hydrogen) atoms. The van der Waals surface area contributed by atoms with Crippen molar-refractivity contribution in [3.05, 3.63) is 0 Å². The molecule has 0 aromatic heterocycles. The number of piperidine rings is 1. The van der Waals surface area contributed by atoms with Gasteiger partial charge in [0.1, 0.15) is 0 Å². The molecule has 2 rings (SSSR count). The molecule has 2 aliphatic rings. The summed E-state index contributed by atoms with van der Waals surface area (Å²) in [6.45, 7) is 11.4. The Morgan fingerprint density at radius 3 is 2.89 bits per heavy atom. The molecule has 2 aliphatic heterocycles. The lowest BCUT2D eigenvalue weighted by Crippen LogP contribution is -2.48. The highest BCUT2D eigenvalue weighted by atomic mass is 16.5. The monoisotopic (exact) mass is 256 g/mol. The molecule has 0 spiro atoms. The highest BCUT2D eigenvalue weighted by molar-refractivity contribution is 4.77. The van der Waals surface area contributed by atoms with E-state index in [1.54, 1.807) is 0 Å². The molecule has 2 heterocycles. The molecule has 0 amide bonds. The molecule has 0 radical (unpaired) electrons. The minimum atomic E-state index is 0.250. The smallest absolute Gasteiger partial charge is 0.0935 e. The van der Waals surface area contributed by atoms with Crippen molar-refractivity contribution in [2.24, 2.45) is 0 Å². The molecule has 2 saturated heterocycles. The Bertz CT molecular complexity index is 240. The highest BCUT2D eigenvalue weighted by Crippen LogP contribution is 2.14. The number of hydrogen-bond acceptors (Lipinski definition) is 4. The highest BCUT2D eigenvalue weighted by Gasteiger charge is 2.24. The van der Waals surface area contributed by atoms with Crippen LogP contribution in [0.2, 0.25) is 0 Å². The Hall–Kier alpha value is -0.160. The van der Waals surface area contributed by atoms with E-state index in [1.807, 2.05) is 0 Å². The molecule has 0 aliphatic carbocycles. The van der Waals surface area contributed by atoms with Gasteiger partial charge in [0.15, 0.2) is 0 Å². The van der Waals surface area contributed by atoms with Gasteiger partial charge in [-0.05, 0) is 33.6 Å². The van der Waals surface area contributed by atoms with E-state index in [0.29, 0.717) is 18.2 Å². The number of ether oxygens (including phenoxy) is 2. The first kappa shape index (κ1) is 14.3. The summed E-state index contributed by atoms with van der Waals surface area (Å²) in [5.74, 6) is 0. The van der Waals surface area contributed by atoms with Gasteiger partial charge in [-0.15, -0.1) is 0 Å². The van der Waals surface area contributed by atoms with Gasteiger partial charge in [0, 0.05) is 31.7 Å². The lowest BCUT2D eigenvalue weighted by atomic mass is 10.0. The van der Waals surface area contributed by atoms with Crippen LogP contribution in [0.4, 0.5) is 0 Å². The lowest BCUT2D eigenvalue weighted by molar-refractivity contribution is -0.0938. The third-order valence-electron chi connectivity index (χ3n) is 4.03. The van der Waals surface area contributed by atoms with Crippen LogP contribution in [0.25, 0.3) is 0 Å². The summed E-state index contributed by atoms with van der Waals surface area (Å²) >= 11 is 0. The molecule has 3 atom stereocenters. The van der Waals surface area contributed by atoms with Crippen LogP contribution in [0.3, 0.4) is 0 Å². The summed E-state index contributed by atoms with van der Waals surface area (Å²) in [6, 6.07) is 1.25. The summed E-state index contributed by atoms with van der Waals surface area (Å²) in [4.78, 5) is 2.47. The largest absolute Gasteiger partial charge is 0.374 e. The zero-order chi connectivity index (χ0) is 13.0. The van der Waals surface area contributed by atoms with Gasteiger partial charge in [-0.2, -0.15) is 0 Å². The van der Waals surface area contributed by atoms with Crippen LogP contribution < -0.4 is 5.32 Å². The van der Waals surface area contributed by atoms with Crippen LogP contribution >= 0.6 is 0 Å². The second kappa shape index (κ2) is 6.85.